The molecule has 0 amide bonds. The maximum atomic E-state index is 6.00. The van der Waals surface area contributed by atoms with Crippen molar-refractivity contribution in [3.05, 3.63) is 46.1 Å². The highest BCUT2D eigenvalue weighted by molar-refractivity contribution is 5.42. The van der Waals surface area contributed by atoms with Crippen LogP contribution in [0.15, 0.2) is 18.2 Å². The molecule has 0 aliphatic carbocycles. The molecule has 0 aliphatic rings. The Kier molecular flexibility index (Phi) is 4.91. The zero-order valence-corrected chi connectivity index (χ0v) is 13.2. The van der Waals surface area contributed by atoms with E-state index in [9.17, 15) is 0 Å². The second-order valence-corrected chi connectivity index (χ2v) is 5.19. The van der Waals surface area contributed by atoms with Gasteiger partial charge in [-0.2, -0.15) is 5.10 Å². The Morgan fingerprint density at radius 3 is 2.43 bits per heavy atom. The van der Waals surface area contributed by atoms with E-state index in [0.717, 1.165) is 46.5 Å². The van der Waals surface area contributed by atoms with E-state index in [1.165, 1.54) is 0 Å². The number of benzene rings is 1. The molecule has 1 aromatic carbocycles. The van der Waals surface area contributed by atoms with Crippen LogP contribution in [0.4, 0.5) is 0 Å². The van der Waals surface area contributed by atoms with Crippen molar-refractivity contribution < 1.29 is 4.74 Å². The van der Waals surface area contributed by atoms with Gasteiger partial charge in [-0.3, -0.25) is 0 Å². The van der Waals surface area contributed by atoms with Crippen molar-refractivity contribution in [1.29, 1.82) is 0 Å². The number of nitrogens with zero attached hydrogens (tertiary/aromatic N) is 2. The van der Waals surface area contributed by atoms with E-state index in [0.29, 0.717) is 12.4 Å². The maximum Gasteiger partial charge on any atom is 0.243 e. The number of aromatic nitrogens is 2. The lowest BCUT2D eigenvalue weighted by Crippen LogP contribution is -2.10. The van der Waals surface area contributed by atoms with Gasteiger partial charge in [-0.15, -0.1) is 5.10 Å². The molecule has 4 heteroatoms. The molecular weight excluding hydrogens is 262 g/mol. The lowest BCUT2D eigenvalue weighted by molar-refractivity contribution is 0.442. The molecule has 0 atom stereocenters. The molecular formula is C17H23N3O. The Labute approximate surface area is 126 Å². The standard InChI is InChI=1S/C17H23N3O/c1-5-13-14(10-18)17(20-19-15(13)6-2)21-16-9-11(3)7-8-12(16)4/h7-9H,5-6,10,18H2,1-4H3. The van der Waals surface area contributed by atoms with Gasteiger partial charge in [0.1, 0.15) is 5.75 Å². The Balaban J connectivity index is 2.47. The van der Waals surface area contributed by atoms with Crippen LogP contribution in [0.1, 0.15) is 41.8 Å². The van der Waals surface area contributed by atoms with Gasteiger partial charge in [0.05, 0.1) is 5.69 Å². The van der Waals surface area contributed by atoms with Crippen LogP contribution in [0.2, 0.25) is 0 Å². The molecule has 4 nitrogen and oxygen atoms in total. The van der Waals surface area contributed by atoms with Gasteiger partial charge in [0, 0.05) is 12.1 Å². The van der Waals surface area contributed by atoms with Gasteiger partial charge in [0.15, 0.2) is 0 Å². The first kappa shape index (κ1) is 15.4. The van der Waals surface area contributed by atoms with Gasteiger partial charge in [-0.25, -0.2) is 0 Å². The van der Waals surface area contributed by atoms with Crippen molar-refractivity contribution in [2.75, 3.05) is 0 Å². The third-order valence-corrected chi connectivity index (χ3v) is 3.68. The van der Waals surface area contributed by atoms with Gasteiger partial charge < -0.3 is 10.5 Å². The van der Waals surface area contributed by atoms with E-state index in [1.807, 2.05) is 26.0 Å². The summed E-state index contributed by atoms with van der Waals surface area (Å²) in [7, 11) is 0. The molecule has 2 aromatic rings. The van der Waals surface area contributed by atoms with Crippen molar-refractivity contribution >= 4 is 0 Å². The third kappa shape index (κ3) is 3.22. The summed E-state index contributed by atoms with van der Waals surface area (Å²) in [6, 6.07) is 6.12. The van der Waals surface area contributed by atoms with Crippen molar-refractivity contribution in [2.45, 2.75) is 47.1 Å². The molecule has 21 heavy (non-hydrogen) atoms. The molecule has 0 saturated carbocycles. The number of hydrogen-bond acceptors (Lipinski definition) is 4. The first-order valence-corrected chi connectivity index (χ1v) is 7.43. The first-order chi connectivity index (χ1) is 10.1. The van der Waals surface area contributed by atoms with Crippen LogP contribution < -0.4 is 10.5 Å². The zero-order chi connectivity index (χ0) is 15.4. The van der Waals surface area contributed by atoms with Crippen LogP contribution in [0.25, 0.3) is 0 Å². The molecule has 112 valence electrons. The summed E-state index contributed by atoms with van der Waals surface area (Å²) in [5.74, 6) is 1.34. The van der Waals surface area contributed by atoms with Crippen molar-refractivity contribution in [3.63, 3.8) is 0 Å². The lowest BCUT2D eigenvalue weighted by atomic mass is 10.0. The summed E-state index contributed by atoms with van der Waals surface area (Å²) in [5.41, 5.74) is 11.3. The molecule has 0 aliphatic heterocycles. The number of ether oxygens (including phenoxy) is 1. The Hall–Kier alpha value is -1.94. The fraction of sp³-hybridized carbons (Fsp3) is 0.412. The van der Waals surface area contributed by atoms with E-state index in [2.05, 4.69) is 30.1 Å². The van der Waals surface area contributed by atoms with Crippen LogP contribution >= 0.6 is 0 Å². The average Bonchev–Trinajstić information content (AvgIpc) is 2.50. The van der Waals surface area contributed by atoms with E-state index in [1.54, 1.807) is 0 Å². The highest BCUT2D eigenvalue weighted by atomic mass is 16.5. The predicted octanol–water partition coefficient (Wildman–Crippen LogP) is 3.47. The molecule has 0 radical (unpaired) electrons. The van der Waals surface area contributed by atoms with E-state index >= 15 is 0 Å². The van der Waals surface area contributed by atoms with Gasteiger partial charge in [-0.1, -0.05) is 26.0 Å². The molecule has 0 fully saturated rings. The monoisotopic (exact) mass is 285 g/mol. The molecule has 0 saturated heterocycles. The Bertz CT molecular complexity index is 638. The van der Waals surface area contributed by atoms with E-state index in [-0.39, 0.29) is 0 Å². The van der Waals surface area contributed by atoms with Crippen LogP contribution in [0.5, 0.6) is 11.6 Å². The SMILES string of the molecule is CCc1nnc(Oc2cc(C)ccc2C)c(CN)c1CC. The summed E-state index contributed by atoms with van der Waals surface area (Å²) in [6.07, 6.45) is 1.74. The molecule has 2 N–H and O–H groups in total. The number of nitrogens with two attached hydrogens (primary N) is 1. The number of aryl methyl sites for hydroxylation is 3. The minimum Gasteiger partial charge on any atom is -0.437 e. The van der Waals surface area contributed by atoms with Crippen molar-refractivity contribution in [1.82, 2.24) is 10.2 Å². The highest BCUT2D eigenvalue weighted by Crippen LogP contribution is 2.29. The molecule has 1 aromatic heterocycles. The second kappa shape index (κ2) is 6.68. The zero-order valence-electron chi connectivity index (χ0n) is 13.2. The summed E-state index contributed by atoms with van der Waals surface area (Å²) in [6.45, 7) is 8.66. The predicted molar refractivity (Wildman–Crippen MR) is 84.7 cm³/mol. The van der Waals surface area contributed by atoms with Crippen molar-refractivity contribution in [3.8, 4) is 11.6 Å². The third-order valence-electron chi connectivity index (χ3n) is 3.68. The molecule has 0 unspecified atom stereocenters. The summed E-state index contributed by atoms with van der Waals surface area (Å²) < 4.78 is 6.00. The quantitative estimate of drug-likeness (QED) is 0.913. The number of hydrogen-bond donors (Lipinski definition) is 1. The fourth-order valence-electron chi connectivity index (χ4n) is 2.45. The summed E-state index contributed by atoms with van der Waals surface area (Å²) in [5, 5.41) is 8.54. The molecule has 2 rings (SSSR count). The normalized spacial score (nSPS) is 10.7. The Morgan fingerprint density at radius 1 is 1.05 bits per heavy atom. The first-order valence-electron chi connectivity index (χ1n) is 7.43. The Morgan fingerprint density at radius 2 is 1.81 bits per heavy atom. The molecule has 0 bridgehead atoms. The van der Waals surface area contributed by atoms with E-state index in [4.69, 9.17) is 10.5 Å². The average molecular weight is 285 g/mol. The van der Waals surface area contributed by atoms with Crippen LogP contribution in [-0.4, -0.2) is 10.2 Å². The topological polar surface area (TPSA) is 61.0 Å². The number of rotatable bonds is 5. The van der Waals surface area contributed by atoms with Gasteiger partial charge >= 0.3 is 0 Å². The van der Waals surface area contributed by atoms with E-state index < -0.39 is 0 Å². The van der Waals surface area contributed by atoms with Crippen LogP contribution in [-0.2, 0) is 19.4 Å². The minimum atomic E-state index is 0.409. The summed E-state index contributed by atoms with van der Waals surface area (Å²) >= 11 is 0. The summed E-state index contributed by atoms with van der Waals surface area (Å²) in [4.78, 5) is 0. The lowest BCUT2D eigenvalue weighted by Gasteiger charge is -2.15. The van der Waals surface area contributed by atoms with Crippen LogP contribution in [0.3, 0.4) is 0 Å². The second-order valence-electron chi connectivity index (χ2n) is 5.19. The van der Waals surface area contributed by atoms with Gasteiger partial charge in [0.25, 0.3) is 0 Å². The maximum absolute atomic E-state index is 6.00. The fourth-order valence-corrected chi connectivity index (χ4v) is 2.45. The molecule has 1 heterocycles. The largest absolute Gasteiger partial charge is 0.437 e. The minimum absolute atomic E-state index is 0.409. The highest BCUT2D eigenvalue weighted by Gasteiger charge is 2.15. The van der Waals surface area contributed by atoms with Gasteiger partial charge in [0.2, 0.25) is 5.88 Å². The van der Waals surface area contributed by atoms with Crippen molar-refractivity contribution in [2.24, 2.45) is 5.73 Å². The molecule has 0 spiro atoms. The smallest absolute Gasteiger partial charge is 0.243 e. The van der Waals surface area contributed by atoms with Gasteiger partial charge in [-0.05, 0) is 49.4 Å². The van der Waals surface area contributed by atoms with Crippen LogP contribution in [0, 0.1) is 13.8 Å².